The summed E-state index contributed by atoms with van der Waals surface area (Å²) in [6, 6.07) is 6.31. The molecule has 0 radical (unpaired) electrons. The highest BCUT2D eigenvalue weighted by Gasteiger charge is 2.16. The van der Waals surface area contributed by atoms with Gasteiger partial charge in [-0.3, -0.25) is 4.79 Å². The van der Waals surface area contributed by atoms with Crippen molar-refractivity contribution < 1.29 is 23.8 Å². The summed E-state index contributed by atoms with van der Waals surface area (Å²) in [4.78, 5) is 23.8. The van der Waals surface area contributed by atoms with E-state index in [-0.39, 0.29) is 5.76 Å². The number of ether oxygens (including phenoxy) is 2. The van der Waals surface area contributed by atoms with Gasteiger partial charge in [0.05, 0.1) is 14.2 Å². The third kappa shape index (κ3) is 3.60. The van der Waals surface area contributed by atoms with Gasteiger partial charge in [0, 0.05) is 17.7 Å². The Balaban J connectivity index is 2.34. The summed E-state index contributed by atoms with van der Waals surface area (Å²) < 4.78 is 15.1. The molecule has 0 saturated carbocycles. The smallest absolute Gasteiger partial charge is 0.351 e. The molecule has 0 aliphatic carbocycles. The second-order valence-corrected chi connectivity index (χ2v) is 4.71. The van der Waals surface area contributed by atoms with Crippen LogP contribution >= 0.6 is 0 Å². The lowest BCUT2D eigenvalue weighted by atomic mass is 10.1. The molecule has 2 rings (SSSR count). The molecule has 0 aliphatic rings. The zero-order chi connectivity index (χ0) is 17.0. The van der Waals surface area contributed by atoms with E-state index in [1.165, 1.54) is 39.4 Å². The lowest BCUT2D eigenvalue weighted by Crippen LogP contribution is -2.12. The first-order valence-electron chi connectivity index (χ1n) is 6.74. The molecule has 2 aromatic rings. The normalized spacial score (nSPS) is 10.7. The van der Waals surface area contributed by atoms with Gasteiger partial charge in [0.2, 0.25) is 0 Å². The van der Waals surface area contributed by atoms with Crippen LogP contribution in [-0.2, 0) is 0 Å². The Kier molecular flexibility index (Phi) is 4.85. The van der Waals surface area contributed by atoms with Crippen molar-refractivity contribution in [2.45, 2.75) is 6.92 Å². The van der Waals surface area contributed by atoms with Crippen LogP contribution in [0.3, 0.4) is 0 Å². The van der Waals surface area contributed by atoms with E-state index < -0.39 is 22.7 Å². The topological polar surface area (TPSA) is 86.0 Å². The molecule has 0 saturated heterocycles. The van der Waals surface area contributed by atoms with E-state index >= 15 is 0 Å². The van der Waals surface area contributed by atoms with Crippen molar-refractivity contribution in [2.75, 3.05) is 14.2 Å². The van der Waals surface area contributed by atoms with E-state index in [9.17, 15) is 14.7 Å². The Hall–Kier alpha value is -3.02. The molecule has 6 heteroatoms. The maximum absolute atomic E-state index is 12.1. The fourth-order valence-electron chi connectivity index (χ4n) is 2.03. The second kappa shape index (κ2) is 6.83. The van der Waals surface area contributed by atoms with Crippen molar-refractivity contribution in [3.05, 3.63) is 57.6 Å². The number of methoxy groups -OCH3 is 2. The van der Waals surface area contributed by atoms with E-state index in [1.54, 1.807) is 18.2 Å². The Morgan fingerprint density at radius 3 is 2.57 bits per heavy atom. The summed E-state index contributed by atoms with van der Waals surface area (Å²) in [5.74, 6) is 0.282. The second-order valence-electron chi connectivity index (χ2n) is 4.71. The van der Waals surface area contributed by atoms with E-state index in [4.69, 9.17) is 13.9 Å². The number of aryl methyl sites for hydroxylation is 1. The number of carbonyl (C=O) groups is 1. The molecule has 0 spiro atoms. The first-order valence-corrected chi connectivity index (χ1v) is 6.74. The van der Waals surface area contributed by atoms with E-state index in [1.807, 2.05) is 0 Å². The fraction of sp³-hybridized carbons (Fsp3) is 0.176. The van der Waals surface area contributed by atoms with Crippen LogP contribution in [0.15, 0.2) is 39.6 Å². The number of allylic oxidation sites excluding steroid dienone is 1. The van der Waals surface area contributed by atoms with Crippen LogP contribution in [-0.4, -0.2) is 25.1 Å². The Labute approximate surface area is 132 Å². The number of rotatable bonds is 5. The Morgan fingerprint density at radius 1 is 1.22 bits per heavy atom. The zero-order valence-electron chi connectivity index (χ0n) is 13.0. The number of hydrogen-bond donors (Lipinski definition) is 1. The van der Waals surface area contributed by atoms with Crippen LogP contribution in [0.4, 0.5) is 0 Å². The molecule has 1 aromatic heterocycles. The lowest BCUT2D eigenvalue weighted by Gasteiger charge is -2.07. The lowest BCUT2D eigenvalue weighted by molar-refractivity contribution is 0.104. The number of hydrogen-bond acceptors (Lipinski definition) is 6. The van der Waals surface area contributed by atoms with E-state index in [0.717, 1.165) is 0 Å². The van der Waals surface area contributed by atoms with Gasteiger partial charge in [-0.15, -0.1) is 0 Å². The summed E-state index contributed by atoms with van der Waals surface area (Å²) in [5, 5.41) is 9.75. The van der Waals surface area contributed by atoms with Gasteiger partial charge in [0.15, 0.2) is 5.78 Å². The Bertz CT molecular complexity index is 816. The minimum absolute atomic E-state index is 0.227. The standard InChI is InChI=1S/C17H16O6/c1-10-8-14(19)16(17(20)23-10)13(18)7-5-11-4-6-12(21-2)9-15(11)22-3/h4-9,19H,1-3H3. The molecule has 6 nitrogen and oxygen atoms in total. The van der Waals surface area contributed by atoms with Crippen LogP contribution in [0, 0.1) is 6.92 Å². The maximum atomic E-state index is 12.1. The molecule has 120 valence electrons. The van der Waals surface area contributed by atoms with Gasteiger partial charge in [0.1, 0.15) is 28.6 Å². The quantitative estimate of drug-likeness (QED) is 0.674. The summed E-state index contributed by atoms with van der Waals surface area (Å²) in [5.41, 5.74) is -0.657. The molecule has 1 aromatic carbocycles. The van der Waals surface area contributed by atoms with Gasteiger partial charge >= 0.3 is 5.63 Å². The monoisotopic (exact) mass is 316 g/mol. The van der Waals surface area contributed by atoms with Gasteiger partial charge < -0.3 is 19.0 Å². The van der Waals surface area contributed by atoms with Crippen molar-refractivity contribution in [1.82, 2.24) is 0 Å². The number of aromatic hydroxyl groups is 1. The molecule has 0 aliphatic heterocycles. The molecular formula is C17H16O6. The molecule has 0 atom stereocenters. The Morgan fingerprint density at radius 2 is 1.96 bits per heavy atom. The third-order valence-electron chi connectivity index (χ3n) is 3.16. The molecule has 0 amide bonds. The molecule has 0 fully saturated rings. The summed E-state index contributed by atoms with van der Waals surface area (Å²) in [7, 11) is 3.03. The largest absolute Gasteiger partial charge is 0.507 e. The van der Waals surface area contributed by atoms with Crippen molar-refractivity contribution in [2.24, 2.45) is 0 Å². The first kappa shape index (κ1) is 16.4. The van der Waals surface area contributed by atoms with Crippen molar-refractivity contribution in [1.29, 1.82) is 0 Å². The van der Waals surface area contributed by atoms with Crippen LogP contribution in [0.2, 0.25) is 0 Å². The highest BCUT2D eigenvalue weighted by atomic mass is 16.5. The van der Waals surface area contributed by atoms with Gasteiger partial charge in [-0.25, -0.2) is 4.79 Å². The third-order valence-corrected chi connectivity index (χ3v) is 3.16. The first-order chi connectivity index (χ1) is 11.0. The van der Waals surface area contributed by atoms with Gasteiger partial charge in [-0.05, 0) is 31.2 Å². The average molecular weight is 316 g/mol. The van der Waals surface area contributed by atoms with Gasteiger partial charge in [-0.2, -0.15) is 0 Å². The fourth-order valence-corrected chi connectivity index (χ4v) is 2.03. The maximum Gasteiger partial charge on any atom is 0.351 e. The number of ketones is 1. The number of carbonyl (C=O) groups excluding carboxylic acids is 1. The van der Waals surface area contributed by atoms with Crippen LogP contribution in [0.25, 0.3) is 6.08 Å². The minimum atomic E-state index is -0.876. The van der Waals surface area contributed by atoms with Crippen molar-refractivity contribution in [3.63, 3.8) is 0 Å². The predicted octanol–water partition coefficient (Wildman–Crippen LogP) is 2.57. The van der Waals surface area contributed by atoms with Crippen LogP contribution < -0.4 is 15.1 Å². The van der Waals surface area contributed by atoms with E-state index in [0.29, 0.717) is 17.1 Å². The van der Waals surface area contributed by atoms with E-state index in [2.05, 4.69) is 0 Å². The molecule has 23 heavy (non-hydrogen) atoms. The van der Waals surface area contributed by atoms with Crippen molar-refractivity contribution in [3.8, 4) is 17.2 Å². The molecule has 0 unspecified atom stereocenters. The van der Waals surface area contributed by atoms with Gasteiger partial charge in [0.25, 0.3) is 0 Å². The summed E-state index contributed by atoms with van der Waals surface area (Å²) in [6.45, 7) is 1.51. The molecule has 1 heterocycles. The molecule has 0 bridgehead atoms. The van der Waals surface area contributed by atoms with Crippen LogP contribution in [0.5, 0.6) is 17.2 Å². The average Bonchev–Trinajstić information content (AvgIpc) is 2.51. The van der Waals surface area contributed by atoms with Gasteiger partial charge in [-0.1, -0.05) is 0 Å². The predicted molar refractivity (Wildman–Crippen MR) is 84.3 cm³/mol. The molecule has 1 N–H and O–H groups in total. The summed E-state index contributed by atoms with van der Waals surface area (Å²) in [6.07, 6.45) is 2.66. The van der Waals surface area contributed by atoms with Crippen molar-refractivity contribution >= 4 is 11.9 Å². The molecular weight excluding hydrogens is 300 g/mol. The zero-order valence-corrected chi connectivity index (χ0v) is 13.0. The summed E-state index contributed by atoms with van der Waals surface area (Å²) >= 11 is 0. The SMILES string of the molecule is COc1ccc(C=CC(=O)c2c(O)cc(C)oc2=O)c(OC)c1. The highest BCUT2D eigenvalue weighted by Crippen LogP contribution is 2.26. The minimum Gasteiger partial charge on any atom is -0.507 e. The highest BCUT2D eigenvalue weighted by molar-refractivity contribution is 6.08. The van der Waals surface area contributed by atoms with Crippen LogP contribution in [0.1, 0.15) is 21.7 Å². The number of benzene rings is 1.